The fourth-order valence-electron chi connectivity index (χ4n) is 5.41. The summed E-state index contributed by atoms with van der Waals surface area (Å²) in [6, 6.07) is 13.6. The number of para-hydroxylation sites is 1. The molecule has 2 saturated heterocycles. The Hall–Kier alpha value is -4.38. The molecule has 0 unspecified atom stereocenters. The number of aromatic carboxylic acids is 1. The molecule has 4 heterocycles. The lowest BCUT2D eigenvalue weighted by Gasteiger charge is -2.36. The number of aromatic nitrogens is 3. The molecule has 214 valence electrons. The highest BCUT2D eigenvalue weighted by atomic mass is 16.6. The van der Waals surface area contributed by atoms with Crippen molar-refractivity contribution >= 4 is 45.5 Å². The van der Waals surface area contributed by atoms with Crippen LogP contribution in [0.1, 0.15) is 31.1 Å². The summed E-state index contributed by atoms with van der Waals surface area (Å²) in [7, 11) is 0. The molecular weight excluding hydrogens is 524 g/mol. The van der Waals surface area contributed by atoms with E-state index >= 15 is 0 Å². The van der Waals surface area contributed by atoms with Crippen LogP contribution in [0.5, 0.6) is 0 Å². The summed E-state index contributed by atoms with van der Waals surface area (Å²) in [6.07, 6.45) is 1.38. The van der Waals surface area contributed by atoms with Crippen LogP contribution >= 0.6 is 0 Å². The van der Waals surface area contributed by atoms with Gasteiger partial charge >= 0.3 is 12.1 Å². The summed E-state index contributed by atoms with van der Waals surface area (Å²) in [6.45, 7) is 10.4. The van der Waals surface area contributed by atoms with Gasteiger partial charge in [-0.1, -0.05) is 18.2 Å². The van der Waals surface area contributed by atoms with Crippen molar-refractivity contribution in [1.82, 2.24) is 19.4 Å². The molecule has 0 bridgehead atoms. The van der Waals surface area contributed by atoms with E-state index in [1.165, 1.54) is 0 Å². The number of piperazine rings is 1. The van der Waals surface area contributed by atoms with E-state index in [0.717, 1.165) is 28.1 Å². The average Bonchev–Trinajstić information content (AvgIpc) is 3.39. The van der Waals surface area contributed by atoms with E-state index in [9.17, 15) is 14.7 Å². The van der Waals surface area contributed by atoms with Gasteiger partial charge in [0.1, 0.15) is 23.3 Å². The van der Waals surface area contributed by atoms with Gasteiger partial charge in [-0.2, -0.15) is 0 Å². The highest BCUT2D eigenvalue weighted by Crippen LogP contribution is 2.32. The number of nitrogens with zero attached hydrogens (tertiary/aromatic N) is 6. The minimum atomic E-state index is -1.02. The van der Waals surface area contributed by atoms with Gasteiger partial charge in [-0.05, 0) is 39.0 Å². The van der Waals surface area contributed by atoms with Crippen LogP contribution < -0.4 is 9.80 Å². The Balaban J connectivity index is 1.39. The molecule has 0 atom stereocenters. The van der Waals surface area contributed by atoms with Gasteiger partial charge in [0.05, 0.1) is 35.5 Å². The van der Waals surface area contributed by atoms with Crippen molar-refractivity contribution in [1.29, 1.82) is 0 Å². The third kappa shape index (κ3) is 5.37. The normalized spacial score (nSPS) is 16.4. The van der Waals surface area contributed by atoms with Crippen molar-refractivity contribution < 1.29 is 24.2 Å². The third-order valence-electron chi connectivity index (χ3n) is 7.44. The number of morpholine rings is 1. The zero-order valence-electron chi connectivity index (χ0n) is 23.5. The van der Waals surface area contributed by atoms with Crippen LogP contribution in [0.4, 0.5) is 16.3 Å². The van der Waals surface area contributed by atoms with Gasteiger partial charge in [0, 0.05) is 56.4 Å². The molecule has 0 saturated carbocycles. The fraction of sp³-hybridized carbons (Fsp3) is 0.400. The van der Waals surface area contributed by atoms with Gasteiger partial charge in [0.15, 0.2) is 0 Å². The second-order valence-corrected chi connectivity index (χ2v) is 11.4. The molecule has 0 radical (unpaired) electrons. The Morgan fingerprint density at radius 1 is 0.951 bits per heavy atom. The van der Waals surface area contributed by atoms with Crippen molar-refractivity contribution in [3.63, 3.8) is 0 Å². The lowest BCUT2D eigenvalue weighted by Crippen LogP contribution is -2.50. The summed E-state index contributed by atoms with van der Waals surface area (Å²) < 4.78 is 13.0. The number of hydrogen-bond donors (Lipinski definition) is 1. The number of pyridine rings is 1. The van der Waals surface area contributed by atoms with E-state index in [1.807, 2.05) is 61.7 Å². The van der Waals surface area contributed by atoms with Crippen LogP contribution in [0.3, 0.4) is 0 Å². The van der Waals surface area contributed by atoms with Crippen molar-refractivity contribution in [3.8, 4) is 5.69 Å². The minimum absolute atomic E-state index is 0.166. The Morgan fingerprint density at radius 3 is 2.39 bits per heavy atom. The van der Waals surface area contributed by atoms with Crippen molar-refractivity contribution in [2.45, 2.75) is 26.4 Å². The molecule has 11 heteroatoms. The highest BCUT2D eigenvalue weighted by molar-refractivity contribution is 6.04. The first-order valence-electron chi connectivity index (χ1n) is 13.9. The molecule has 2 fully saturated rings. The molecule has 6 rings (SSSR count). The Bertz CT molecular complexity index is 1610. The molecule has 2 aromatic heterocycles. The Kier molecular flexibility index (Phi) is 6.90. The Labute approximate surface area is 237 Å². The number of benzene rings is 2. The van der Waals surface area contributed by atoms with E-state index in [2.05, 4.69) is 14.8 Å². The quantitative estimate of drug-likeness (QED) is 0.394. The number of amides is 1. The number of carbonyl (C=O) groups excluding carboxylic acids is 1. The molecular formula is C30H34N6O5. The summed E-state index contributed by atoms with van der Waals surface area (Å²) in [5.74, 6) is -0.231. The molecule has 2 aliphatic heterocycles. The first-order valence-corrected chi connectivity index (χ1v) is 13.9. The van der Waals surface area contributed by atoms with Gasteiger partial charge in [-0.25, -0.2) is 19.6 Å². The molecule has 41 heavy (non-hydrogen) atoms. The molecule has 0 spiro atoms. The second kappa shape index (κ2) is 10.5. The van der Waals surface area contributed by atoms with Gasteiger partial charge in [0.2, 0.25) is 0 Å². The second-order valence-electron chi connectivity index (χ2n) is 11.4. The molecule has 2 aliphatic rings. The number of ether oxygens (including phenoxy) is 2. The first-order chi connectivity index (χ1) is 19.7. The topological polar surface area (TPSA) is 113 Å². The number of imidazole rings is 1. The molecule has 0 aliphatic carbocycles. The maximum absolute atomic E-state index is 12.6. The van der Waals surface area contributed by atoms with Crippen LogP contribution in [-0.2, 0) is 9.47 Å². The number of rotatable bonds is 4. The average molecular weight is 559 g/mol. The number of anilines is 2. The number of hydrogen-bond acceptors (Lipinski definition) is 8. The van der Waals surface area contributed by atoms with E-state index in [-0.39, 0.29) is 11.7 Å². The van der Waals surface area contributed by atoms with Crippen LogP contribution in [-0.4, -0.2) is 94.7 Å². The van der Waals surface area contributed by atoms with Gasteiger partial charge in [-0.3, -0.25) is 4.57 Å². The molecule has 1 N–H and O–H groups in total. The number of fused-ring (bicyclic) bond motifs is 2. The van der Waals surface area contributed by atoms with Crippen LogP contribution in [0, 0.1) is 0 Å². The van der Waals surface area contributed by atoms with E-state index in [0.29, 0.717) is 63.5 Å². The van der Waals surface area contributed by atoms with Gasteiger partial charge < -0.3 is 29.3 Å². The maximum Gasteiger partial charge on any atom is 0.410 e. The lowest BCUT2D eigenvalue weighted by molar-refractivity contribution is 0.0240. The Morgan fingerprint density at radius 2 is 1.68 bits per heavy atom. The SMILES string of the molecule is CC(C)(C)OC(=O)N1CCN(c2cc(-n3cnc4c(C(=O)O)cc(N5CCOCC5)cc43)c3ccccc3n2)CC1. The lowest BCUT2D eigenvalue weighted by atomic mass is 10.1. The largest absolute Gasteiger partial charge is 0.478 e. The zero-order valence-corrected chi connectivity index (χ0v) is 23.5. The van der Waals surface area contributed by atoms with Gasteiger partial charge in [0.25, 0.3) is 0 Å². The van der Waals surface area contributed by atoms with Crippen LogP contribution in [0.25, 0.3) is 27.6 Å². The molecule has 1 amide bonds. The van der Waals surface area contributed by atoms with E-state index in [4.69, 9.17) is 14.5 Å². The van der Waals surface area contributed by atoms with E-state index < -0.39 is 11.6 Å². The van der Waals surface area contributed by atoms with Crippen LogP contribution in [0.2, 0.25) is 0 Å². The number of carboxylic acids is 1. The van der Waals surface area contributed by atoms with Crippen molar-refractivity contribution in [2.75, 3.05) is 62.3 Å². The summed E-state index contributed by atoms with van der Waals surface area (Å²) in [5.41, 5.74) is 3.28. The molecule has 4 aromatic rings. The standard InChI is InChI=1S/C30H34N6O5/c1-30(2,3)41-29(39)35-10-8-34(9-11-35)26-18-24(21-6-4-5-7-23(21)32-26)36-19-31-27-22(28(37)38)16-20(17-25(27)36)33-12-14-40-15-13-33/h4-7,16-19H,8-15H2,1-3H3,(H,37,38). The summed E-state index contributed by atoms with van der Waals surface area (Å²) in [5, 5.41) is 11.0. The fourth-order valence-corrected chi connectivity index (χ4v) is 5.41. The van der Waals surface area contributed by atoms with E-state index in [1.54, 1.807) is 17.3 Å². The predicted molar refractivity (Wildman–Crippen MR) is 156 cm³/mol. The van der Waals surface area contributed by atoms with Crippen molar-refractivity contribution in [2.24, 2.45) is 0 Å². The summed E-state index contributed by atoms with van der Waals surface area (Å²) in [4.78, 5) is 40.4. The maximum atomic E-state index is 12.6. The molecule has 2 aromatic carbocycles. The number of carboxylic acid groups (broad SMARTS) is 1. The highest BCUT2D eigenvalue weighted by Gasteiger charge is 2.27. The minimum Gasteiger partial charge on any atom is -0.478 e. The predicted octanol–water partition coefficient (Wildman–Crippen LogP) is 4.17. The zero-order chi connectivity index (χ0) is 28.7. The van der Waals surface area contributed by atoms with Crippen LogP contribution in [0.15, 0.2) is 48.8 Å². The monoisotopic (exact) mass is 558 g/mol. The summed E-state index contributed by atoms with van der Waals surface area (Å²) >= 11 is 0. The smallest absolute Gasteiger partial charge is 0.410 e. The van der Waals surface area contributed by atoms with Gasteiger partial charge in [-0.15, -0.1) is 0 Å². The number of carbonyl (C=O) groups is 2. The van der Waals surface area contributed by atoms with Crippen molar-refractivity contribution in [3.05, 3.63) is 54.4 Å². The third-order valence-corrected chi connectivity index (χ3v) is 7.44. The first kappa shape index (κ1) is 26.8. The molecule has 11 nitrogen and oxygen atoms in total.